The number of hydrogen-bond acceptors (Lipinski definition) is 5. The number of carboxylic acid groups (broad SMARTS) is 1. The molecule has 2 rings (SSSR count). The maximum absolute atomic E-state index is 12.1. The molecule has 0 aromatic heterocycles. The maximum Gasteiger partial charge on any atom is 0.305 e. The summed E-state index contributed by atoms with van der Waals surface area (Å²) in [5, 5.41) is 14.3. The number of carbonyl (C=O) groups excluding carboxylic acids is 2. The molecule has 2 amide bonds. The average molecular weight is 465 g/mol. The number of aryl methyl sites for hydroxylation is 1. The average Bonchev–Trinajstić information content (AvgIpc) is 2.84. The van der Waals surface area contributed by atoms with Crippen LogP contribution in [0.3, 0.4) is 0 Å². The lowest BCUT2D eigenvalue weighted by Crippen LogP contribution is -2.43. The van der Waals surface area contributed by atoms with E-state index in [2.05, 4.69) is 46.7 Å². The standard InChI is InChI=1S/C15H28N4O4.C8H10.C2H6/c1-18(12-3-7-16-8-4-12)10-6-14(21)19(2)11-13(20)17-9-5-15(22)23;1-2-8-6-4-3-5-7-8;1-2/h12,16H,3-11H2,1-2H3,(H,17,20)(H,22,23);3-7H,2H2,1H3;1-2H3. The zero-order chi connectivity index (χ0) is 25.1. The number of nitrogens with one attached hydrogen (secondary N) is 2. The second-order valence-corrected chi connectivity index (χ2v) is 7.79. The van der Waals surface area contributed by atoms with Gasteiger partial charge in [0.2, 0.25) is 11.8 Å². The Morgan fingerprint density at radius 1 is 1.06 bits per heavy atom. The van der Waals surface area contributed by atoms with E-state index in [1.54, 1.807) is 7.05 Å². The largest absolute Gasteiger partial charge is 0.481 e. The predicted molar refractivity (Wildman–Crippen MR) is 133 cm³/mol. The van der Waals surface area contributed by atoms with Gasteiger partial charge in [-0.15, -0.1) is 0 Å². The highest BCUT2D eigenvalue weighted by Gasteiger charge is 2.19. The number of nitrogens with zero attached hydrogens (tertiary/aromatic N) is 2. The molecule has 0 atom stereocenters. The van der Waals surface area contributed by atoms with Crippen LogP contribution in [0.2, 0.25) is 0 Å². The molecule has 33 heavy (non-hydrogen) atoms. The van der Waals surface area contributed by atoms with Crippen LogP contribution in [0.25, 0.3) is 0 Å². The van der Waals surface area contributed by atoms with Crippen LogP contribution < -0.4 is 10.6 Å². The van der Waals surface area contributed by atoms with E-state index in [0.29, 0.717) is 19.0 Å². The Kier molecular flexibility index (Phi) is 17.6. The van der Waals surface area contributed by atoms with Gasteiger partial charge in [-0.2, -0.15) is 0 Å². The van der Waals surface area contributed by atoms with Crippen LogP contribution in [0.4, 0.5) is 0 Å². The quantitative estimate of drug-likeness (QED) is 0.491. The number of piperidine rings is 1. The number of likely N-dealkylation sites (N-methyl/N-ethyl adjacent to an activating group) is 1. The third-order valence-corrected chi connectivity index (χ3v) is 5.33. The molecule has 3 N–H and O–H groups in total. The van der Waals surface area contributed by atoms with Gasteiger partial charge in [0.25, 0.3) is 0 Å². The van der Waals surface area contributed by atoms with E-state index in [1.165, 1.54) is 10.5 Å². The molecule has 0 spiro atoms. The fourth-order valence-electron chi connectivity index (χ4n) is 3.27. The third kappa shape index (κ3) is 15.1. The molecular weight excluding hydrogens is 420 g/mol. The van der Waals surface area contributed by atoms with Gasteiger partial charge < -0.3 is 25.5 Å². The van der Waals surface area contributed by atoms with Gasteiger partial charge in [0.15, 0.2) is 0 Å². The van der Waals surface area contributed by atoms with Crippen molar-refractivity contribution in [3.05, 3.63) is 35.9 Å². The van der Waals surface area contributed by atoms with E-state index in [0.717, 1.165) is 32.4 Å². The maximum atomic E-state index is 12.1. The van der Waals surface area contributed by atoms with Gasteiger partial charge in [-0.25, -0.2) is 0 Å². The Morgan fingerprint density at radius 3 is 2.18 bits per heavy atom. The number of carbonyl (C=O) groups is 3. The molecule has 1 heterocycles. The summed E-state index contributed by atoms with van der Waals surface area (Å²) < 4.78 is 0. The van der Waals surface area contributed by atoms with Gasteiger partial charge in [-0.05, 0) is 45.0 Å². The number of aliphatic carboxylic acids is 1. The van der Waals surface area contributed by atoms with E-state index in [-0.39, 0.29) is 31.3 Å². The first-order valence-corrected chi connectivity index (χ1v) is 12.0. The molecule has 1 aromatic carbocycles. The molecule has 0 saturated carbocycles. The van der Waals surface area contributed by atoms with E-state index in [1.807, 2.05) is 27.0 Å². The van der Waals surface area contributed by atoms with Crippen LogP contribution >= 0.6 is 0 Å². The zero-order valence-corrected chi connectivity index (χ0v) is 21.1. The SMILES string of the molecule is CC.CCc1ccccc1.CN(CC(=O)NCCC(=O)O)C(=O)CCN(C)C1CCNCC1. The topological polar surface area (TPSA) is 102 Å². The van der Waals surface area contributed by atoms with E-state index >= 15 is 0 Å². The molecule has 188 valence electrons. The van der Waals surface area contributed by atoms with Crippen molar-refractivity contribution in [3.8, 4) is 0 Å². The molecular formula is C25H44N4O4. The van der Waals surface area contributed by atoms with Gasteiger partial charge in [-0.3, -0.25) is 14.4 Å². The summed E-state index contributed by atoms with van der Waals surface area (Å²) in [4.78, 5) is 37.6. The van der Waals surface area contributed by atoms with Crippen molar-refractivity contribution < 1.29 is 19.5 Å². The summed E-state index contributed by atoms with van der Waals surface area (Å²) in [5.74, 6) is -1.39. The fourth-order valence-corrected chi connectivity index (χ4v) is 3.27. The molecule has 1 fully saturated rings. The van der Waals surface area contributed by atoms with Crippen LogP contribution in [0.5, 0.6) is 0 Å². The van der Waals surface area contributed by atoms with Crippen LogP contribution in [-0.2, 0) is 20.8 Å². The lowest BCUT2D eigenvalue weighted by molar-refractivity contribution is -0.137. The Hall–Kier alpha value is -2.45. The Labute approximate surface area is 199 Å². The van der Waals surface area contributed by atoms with Crippen molar-refractivity contribution in [3.63, 3.8) is 0 Å². The van der Waals surface area contributed by atoms with E-state index in [4.69, 9.17) is 5.11 Å². The van der Waals surface area contributed by atoms with Crippen LogP contribution in [0.1, 0.15) is 52.0 Å². The highest BCUT2D eigenvalue weighted by Crippen LogP contribution is 2.10. The second kappa shape index (κ2) is 19.1. The van der Waals surface area contributed by atoms with E-state index in [9.17, 15) is 14.4 Å². The van der Waals surface area contributed by atoms with Crippen molar-refractivity contribution >= 4 is 17.8 Å². The first-order chi connectivity index (χ1) is 15.8. The lowest BCUT2D eigenvalue weighted by atomic mass is 10.1. The van der Waals surface area contributed by atoms with Gasteiger partial charge in [-0.1, -0.05) is 51.1 Å². The van der Waals surface area contributed by atoms with Crippen LogP contribution in [-0.4, -0.2) is 85.6 Å². The fraction of sp³-hybridized carbons (Fsp3) is 0.640. The van der Waals surface area contributed by atoms with E-state index < -0.39 is 5.97 Å². The Bertz CT molecular complexity index is 664. The Morgan fingerprint density at radius 2 is 1.67 bits per heavy atom. The molecule has 1 aliphatic heterocycles. The number of hydrogen-bond donors (Lipinski definition) is 3. The second-order valence-electron chi connectivity index (χ2n) is 7.79. The van der Waals surface area contributed by atoms with Crippen LogP contribution in [0.15, 0.2) is 30.3 Å². The number of amides is 2. The minimum absolute atomic E-state index is 0.0461. The van der Waals surface area contributed by atoms with Gasteiger partial charge in [0, 0.05) is 32.6 Å². The van der Waals surface area contributed by atoms with Crippen molar-refractivity contribution in [2.45, 2.75) is 58.9 Å². The Balaban J connectivity index is 0.000000849. The summed E-state index contributed by atoms with van der Waals surface area (Å²) in [6.45, 7) is 8.90. The van der Waals surface area contributed by atoms with Gasteiger partial charge >= 0.3 is 5.97 Å². The molecule has 1 aromatic rings. The van der Waals surface area contributed by atoms with Crippen LogP contribution in [0, 0.1) is 0 Å². The van der Waals surface area contributed by atoms with Gasteiger partial charge in [0.1, 0.15) is 0 Å². The molecule has 8 nitrogen and oxygen atoms in total. The first kappa shape index (κ1) is 30.6. The predicted octanol–water partition coefficient (Wildman–Crippen LogP) is 2.38. The third-order valence-electron chi connectivity index (χ3n) is 5.33. The summed E-state index contributed by atoms with van der Waals surface area (Å²) in [7, 11) is 3.62. The summed E-state index contributed by atoms with van der Waals surface area (Å²) in [6, 6.07) is 11.0. The highest BCUT2D eigenvalue weighted by molar-refractivity contribution is 5.84. The molecule has 8 heteroatoms. The first-order valence-electron chi connectivity index (χ1n) is 12.0. The molecule has 0 aliphatic carbocycles. The van der Waals surface area contributed by atoms with Crippen molar-refractivity contribution in [2.75, 3.05) is 46.8 Å². The van der Waals surface area contributed by atoms with Gasteiger partial charge in [0.05, 0.1) is 13.0 Å². The smallest absolute Gasteiger partial charge is 0.305 e. The van der Waals surface area contributed by atoms with Crippen molar-refractivity contribution in [1.82, 2.24) is 20.4 Å². The van der Waals surface area contributed by atoms with Crippen molar-refractivity contribution in [1.29, 1.82) is 0 Å². The monoisotopic (exact) mass is 464 g/mol. The minimum atomic E-state index is -0.962. The highest BCUT2D eigenvalue weighted by atomic mass is 16.4. The number of rotatable bonds is 10. The zero-order valence-electron chi connectivity index (χ0n) is 21.1. The summed E-state index contributed by atoms with van der Waals surface area (Å²) in [6.07, 6.45) is 3.57. The van der Waals surface area contributed by atoms with Crippen molar-refractivity contribution in [2.24, 2.45) is 0 Å². The lowest BCUT2D eigenvalue weighted by Gasteiger charge is -2.31. The molecule has 0 radical (unpaired) electrons. The summed E-state index contributed by atoms with van der Waals surface area (Å²) >= 11 is 0. The number of carboxylic acids is 1. The number of benzene rings is 1. The molecule has 1 aliphatic rings. The molecule has 1 saturated heterocycles. The minimum Gasteiger partial charge on any atom is -0.481 e. The molecule has 0 unspecified atom stereocenters. The molecule has 0 bridgehead atoms. The summed E-state index contributed by atoms with van der Waals surface area (Å²) in [5.41, 5.74) is 1.41. The normalized spacial score (nSPS) is 13.2.